The van der Waals surface area contributed by atoms with Gasteiger partial charge in [-0.05, 0) is 28.6 Å². The number of nitrogens with zero attached hydrogens (tertiary/aromatic N) is 3. The molecule has 0 aliphatic carbocycles. The van der Waals surface area contributed by atoms with Crippen LogP contribution in [0, 0.1) is 0 Å². The summed E-state index contributed by atoms with van der Waals surface area (Å²) in [7, 11) is -3.82. The summed E-state index contributed by atoms with van der Waals surface area (Å²) in [5, 5.41) is 7.39. The van der Waals surface area contributed by atoms with E-state index in [0.717, 1.165) is 0 Å². The molecule has 7 nitrogen and oxygen atoms in total. The highest BCUT2D eigenvalue weighted by atomic mass is 32.2. The first kappa shape index (κ1) is 12.5. The molecule has 18 heavy (non-hydrogen) atoms. The second-order valence-electron chi connectivity index (χ2n) is 3.62. The third kappa shape index (κ3) is 2.48. The number of hydrogen-bond donors (Lipinski definition) is 0. The van der Waals surface area contributed by atoms with E-state index in [1.54, 1.807) is 25.1 Å². The van der Waals surface area contributed by atoms with Gasteiger partial charge in [-0.2, -0.15) is 8.42 Å². The Morgan fingerprint density at radius 3 is 2.78 bits per heavy atom. The van der Waals surface area contributed by atoms with Crippen LogP contribution in [0.4, 0.5) is 0 Å². The minimum Gasteiger partial charge on any atom is -0.264 e. The second-order valence-corrected chi connectivity index (χ2v) is 5.29. The zero-order valence-electron chi connectivity index (χ0n) is 9.61. The number of aromatic nitrogens is 3. The second kappa shape index (κ2) is 4.73. The van der Waals surface area contributed by atoms with E-state index in [-0.39, 0.29) is 11.1 Å². The summed E-state index contributed by atoms with van der Waals surface area (Å²) in [6.45, 7) is 1.69. The first-order chi connectivity index (χ1) is 8.53. The predicted octanol–water partition coefficient (Wildman–Crippen LogP) is -0.0401. The highest BCUT2D eigenvalue weighted by molar-refractivity contribution is 7.86. The maximum atomic E-state index is 11.9. The van der Waals surface area contributed by atoms with Crippen LogP contribution in [0.1, 0.15) is 13.3 Å². The van der Waals surface area contributed by atoms with Crippen LogP contribution in [0.3, 0.4) is 0 Å². The van der Waals surface area contributed by atoms with Crippen LogP contribution in [-0.4, -0.2) is 29.3 Å². The van der Waals surface area contributed by atoms with Crippen LogP contribution < -0.4 is 9.84 Å². The van der Waals surface area contributed by atoms with Gasteiger partial charge in [-0.3, -0.25) is 9.08 Å². The first-order valence-electron chi connectivity index (χ1n) is 5.31. The fourth-order valence-electron chi connectivity index (χ4n) is 1.42. The molecule has 0 saturated heterocycles. The molecule has 0 aliphatic rings. The SMILES string of the molecule is CCCS(=O)(=O)On1nnc2ccccc2c1=O. The number of hydrogen-bond acceptors (Lipinski definition) is 6. The Bertz CT molecular complexity index is 723. The Morgan fingerprint density at radius 2 is 2.06 bits per heavy atom. The maximum absolute atomic E-state index is 11.9. The molecule has 2 aromatic rings. The van der Waals surface area contributed by atoms with Crippen LogP contribution in [0.2, 0.25) is 0 Å². The molecule has 0 N–H and O–H groups in total. The molecule has 0 fully saturated rings. The number of benzene rings is 1. The third-order valence-electron chi connectivity index (χ3n) is 2.18. The van der Waals surface area contributed by atoms with Crippen LogP contribution >= 0.6 is 0 Å². The van der Waals surface area contributed by atoms with Gasteiger partial charge in [0.15, 0.2) is 0 Å². The molecule has 0 saturated carbocycles. The van der Waals surface area contributed by atoms with Crippen LogP contribution in [-0.2, 0) is 10.1 Å². The Balaban J connectivity index is 2.48. The molecule has 1 aromatic heterocycles. The lowest BCUT2D eigenvalue weighted by molar-refractivity contribution is 0.215. The maximum Gasteiger partial charge on any atom is 0.328 e. The smallest absolute Gasteiger partial charge is 0.264 e. The van der Waals surface area contributed by atoms with Crippen molar-refractivity contribution in [1.29, 1.82) is 0 Å². The lowest BCUT2D eigenvalue weighted by atomic mass is 10.2. The Morgan fingerprint density at radius 1 is 1.33 bits per heavy atom. The summed E-state index contributed by atoms with van der Waals surface area (Å²) in [6.07, 6.45) is 0.387. The zero-order valence-corrected chi connectivity index (χ0v) is 10.4. The normalized spacial score (nSPS) is 11.6. The van der Waals surface area contributed by atoms with Gasteiger partial charge in [-0.15, -0.1) is 5.10 Å². The summed E-state index contributed by atoms with van der Waals surface area (Å²) in [5.41, 5.74) is -0.268. The van der Waals surface area contributed by atoms with E-state index in [2.05, 4.69) is 14.6 Å². The minimum absolute atomic E-state index is 0.187. The lowest BCUT2D eigenvalue weighted by Gasteiger charge is -2.05. The minimum atomic E-state index is -3.82. The molecule has 0 atom stereocenters. The fourth-order valence-corrected chi connectivity index (χ4v) is 2.30. The van der Waals surface area contributed by atoms with Crippen molar-refractivity contribution in [3.05, 3.63) is 34.6 Å². The quantitative estimate of drug-likeness (QED) is 0.773. The highest BCUT2D eigenvalue weighted by Gasteiger charge is 2.15. The Labute approximate surface area is 103 Å². The number of fused-ring (bicyclic) bond motifs is 1. The van der Waals surface area contributed by atoms with Gasteiger partial charge >= 0.3 is 15.7 Å². The van der Waals surface area contributed by atoms with E-state index in [4.69, 9.17) is 0 Å². The summed E-state index contributed by atoms with van der Waals surface area (Å²) in [6, 6.07) is 6.49. The van der Waals surface area contributed by atoms with Crippen LogP contribution in [0.15, 0.2) is 29.1 Å². The first-order valence-corrected chi connectivity index (χ1v) is 6.88. The molecule has 1 aromatic carbocycles. The molecule has 2 rings (SSSR count). The zero-order chi connectivity index (χ0) is 13.2. The fraction of sp³-hybridized carbons (Fsp3) is 0.300. The predicted molar refractivity (Wildman–Crippen MR) is 64.5 cm³/mol. The summed E-state index contributed by atoms with van der Waals surface area (Å²) < 4.78 is 27.5. The molecule has 0 unspecified atom stereocenters. The molecule has 0 radical (unpaired) electrons. The van der Waals surface area contributed by atoms with E-state index in [0.29, 0.717) is 16.8 Å². The Hall–Kier alpha value is -1.96. The Kier molecular flexibility index (Phi) is 3.28. The summed E-state index contributed by atoms with van der Waals surface area (Å²) in [4.78, 5) is 12.3. The van der Waals surface area contributed by atoms with E-state index in [9.17, 15) is 13.2 Å². The molecule has 0 aliphatic heterocycles. The average Bonchev–Trinajstić information content (AvgIpc) is 2.33. The van der Waals surface area contributed by atoms with Crippen molar-refractivity contribution in [1.82, 2.24) is 15.2 Å². The van der Waals surface area contributed by atoms with Gasteiger partial charge in [0.25, 0.3) is 0 Å². The van der Waals surface area contributed by atoms with Crippen molar-refractivity contribution < 1.29 is 12.7 Å². The third-order valence-corrected chi connectivity index (χ3v) is 3.46. The summed E-state index contributed by atoms with van der Waals surface area (Å²) in [5.74, 6) is -0.187. The monoisotopic (exact) mass is 269 g/mol. The molecule has 8 heteroatoms. The molecular formula is C10H11N3O4S. The molecule has 0 bridgehead atoms. The largest absolute Gasteiger partial charge is 0.328 e. The highest BCUT2D eigenvalue weighted by Crippen LogP contribution is 2.03. The van der Waals surface area contributed by atoms with Crippen molar-refractivity contribution >= 4 is 21.0 Å². The van der Waals surface area contributed by atoms with Crippen molar-refractivity contribution in [3.8, 4) is 0 Å². The standard InChI is InChI=1S/C10H11N3O4S/c1-2-7-18(15,16)17-13-10(14)8-5-3-4-6-9(8)11-12-13/h3-6H,2,7H2,1H3. The lowest BCUT2D eigenvalue weighted by Crippen LogP contribution is -2.34. The van der Waals surface area contributed by atoms with Gasteiger partial charge < -0.3 is 0 Å². The van der Waals surface area contributed by atoms with E-state index >= 15 is 0 Å². The van der Waals surface area contributed by atoms with Gasteiger partial charge in [-0.1, -0.05) is 19.1 Å². The number of rotatable bonds is 4. The van der Waals surface area contributed by atoms with E-state index in [1.807, 2.05) is 0 Å². The van der Waals surface area contributed by atoms with Gasteiger partial charge in [-0.25, -0.2) is 0 Å². The molecule has 96 valence electrons. The van der Waals surface area contributed by atoms with E-state index < -0.39 is 15.7 Å². The van der Waals surface area contributed by atoms with Crippen LogP contribution in [0.25, 0.3) is 10.9 Å². The average molecular weight is 269 g/mol. The molecular weight excluding hydrogens is 258 g/mol. The molecule has 1 heterocycles. The van der Waals surface area contributed by atoms with E-state index in [1.165, 1.54) is 6.07 Å². The van der Waals surface area contributed by atoms with Gasteiger partial charge in [0.1, 0.15) is 5.52 Å². The van der Waals surface area contributed by atoms with Gasteiger partial charge in [0, 0.05) is 0 Å². The summed E-state index contributed by atoms with van der Waals surface area (Å²) >= 11 is 0. The molecule has 0 spiro atoms. The topological polar surface area (TPSA) is 91.2 Å². The van der Waals surface area contributed by atoms with Gasteiger partial charge in [0.2, 0.25) is 0 Å². The van der Waals surface area contributed by atoms with Crippen molar-refractivity contribution in [2.75, 3.05) is 5.75 Å². The van der Waals surface area contributed by atoms with Crippen LogP contribution in [0.5, 0.6) is 0 Å². The van der Waals surface area contributed by atoms with Crippen molar-refractivity contribution in [3.63, 3.8) is 0 Å². The molecule has 0 amide bonds. The van der Waals surface area contributed by atoms with Gasteiger partial charge in [0.05, 0.1) is 11.1 Å². The van der Waals surface area contributed by atoms with Crippen molar-refractivity contribution in [2.24, 2.45) is 0 Å². The van der Waals surface area contributed by atoms with Crippen molar-refractivity contribution in [2.45, 2.75) is 13.3 Å².